The van der Waals surface area contributed by atoms with Crippen LogP contribution in [-0.2, 0) is 4.74 Å². The van der Waals surface area contributed by atoms with E-state index in [1.54, 1.807) is 0 Å². The van der Waals surface area contributed by atoms with Crippen molar-refractivity contribution >= 4 is 29.9 Å². The van der Waals surface area contributed by atoms with Gasteiger partial charge in [-0.05, 0) is 19.8 Å². The number of nitrogens with one attached hydrogen (secondary N) is 2. The lowest BCUT2D eigenvalue weighted by Crippen LogP contribution is -2.49. The standard InChI is InChI=1S/C14H30N4O.HI/c1-5-15-14(16-10-12(2)3)17-11-13(4)18-6-8-19-9-7-18;/h12-13H,5-11H2,1-4H3,(H2,15,16,17);1H. The molecule has 1 unspecified atom stereocenters. The van der Waals surface area contributed by atoms with Gasteiger partial charge in [0, 0.05) is 38.8 Å². The van der Waals surface area contributed by atoms with Gasteiger partial charge in [0.25, 0.3) is 0 Å². The van der Waals surface area contributed by atoms with Crippen LogP contribution in [0.5, 0.6) is 0 Å². The molecule has 1 heterocycles. The lowest BCUT2D eigenvalue weighted by Gasteiger charge is -2.32. The molecule has 0 saturated carbocycles. The first-order valence-electron chi connectivity index (χ1n) is 7.47. The number of hydrogen-bond donors (Lipinski definition) is 2. The van der Waals surface area contributed by atoms with Gasteiger partial charge in [-0.25, -0.2) is 0 Å². The van der Waals surface area contributed by atoms with Gasteiger partial charge in [-0.2, -0.15) is 0 Å². The summed E-state index contributed by atoms with van der Waals surface area (Å²) in [7, 11) is 0. The maximum atomic E-state index is 5.38. The summed E-state index contributed by atoms with van der Waals surface area (Å²) in [6.45, 7) is 15.2. The number of guanidine groups is 1. The second-order valence-electron chi connectivity index (χ2n) is 5.49. The van der Waals surface area contributed by atoms with Gasteiger partial charge in [-0.15, -0.1) is 24.0 Å². The van der Waals surface area contributed by atoms with E-state index in [1.807, 2.05) is 0 Å². The quantitative estimate of drug-likeness (QED) is 0.405. The fraction of sp³-hybridized carbons (Fsp3) is 0.929. The number of aliphatic imine (C=N–C) groups is 1. The number of hydrogen-bond acceptors (Lipinski definition) is 3. The average molecular weight is 398 g/mol. The van der Waals surface area contributed by atoms with Gasteiger partial charge in [0.1, 0.15) is 0 Å². The number of nitrogens with zero attached hydrogens (tertiary/aromatic N) is 2. The molecule has 0 aromatic heterocycles. The van der Waals surface area contributed by atoms with Crippen LogP contribution in [-0.4, -0.2) is 62.8 Å². The van der Waals surface area contributed by atoms with E-state index in [1.165, 1.54) is 0 Å². The zero-order valence-electron chi connectivity index (χ0n) is 13.3. The molecule has 0 radical (unpaired) electrons. The molecule has 6 heteroatoms. The predicted octanol–water partition coefficient (Wildman–Crippen LogP) is 1.54. The molecule has 120 valence electrons. The number of morpholine rings is 1. The summed E-state index contributed by atoms with van der Waals surface area (Å²) >= 11 is 0. The van der Waals surface area contributed by atoms with Crippen molar-refractivity contribution in [3.8, 4) is 0 Å². The van der Waals surface area contributed by atoms with Gasteiger partial charge >= 0.3 is 0 Å². The van der Waals surface area contributed by atoms with Gasteiger partial charge in [0.05, 0.1) is 13.2 Å². The van der Waals surface area contributed by atoms with E-state index in [2.05, 4.69) is 48.2 Å². The van der Waals surface area contributed by atoms with Crippen molar-refractivity contribution < 1.29 is 4.74 Å². The molecule has 1 aliphatic rings. The highest BCUT2D eigenvalue weighted by atomic mass is 127. The molecule has 0 bridgehead atoms. The SMILES string of the molecule is CCNC(=NCC(C)C)NCC(C)N1CCOCC1.I. The first-order chi connectivity index (χ1) is 9.13. The summed E-state index contributed by atoms with van der Waals surface area (Å²) < 4.78 is 5.38. The Labute approximate surface area is 140 Å². The molecule has 1 rings (SSSR count). The summed E-state index contributed by atoms with van der Waals surface area (Å²) in [5.41, 5.74) is 0. The third-order valence-corrected chi connectivity index (χ3v) is 3.19. The van der Waals surface area contributed by atoms with Gasteiger partial charge < -0.3 is 15.4 Å². The van der Waals surface area contributed by atoms with Crippen molar-refractivity contribution in [1.82, 2.24) is 15.5 Å². The Bertz CT molecular complexity index is 268. The predicted molar refractivity (Wildman–Crippen MR) is 96.1 cm³/mol. The Morgan fingerprint density at radius 1 is 1.20 bits per heavy atom. The third kappa shape index (κ3) is 8.26. The maximum absolute atomic E-state index is 5.38. The van der Waals surface area contributed by atoms with E-state index >= 15 is 0 Å². The Morgan fingerprint density at radius 2 is 1.85 bits per heavy atom. The minimum atomic E-state index is 0. The summed E-state index contributed by atoms with van der Waals surface area (Å²) in [5.74, 6) is 1.52. The van der Waals surface area contributed by atoms with E-state index < -0.39 is 0 Å². The van der Waals surface area contributed by atoms with E-state index in [0.717, 1.165) is 51.9 Å². The van der Waals surface area contributed by atoms with E-state index in [0.29, 0.717) is 12.0 Å². The lowest BCUT2D eigenvalue weighted by atomic mass is 10.2. The molecule has 1 atom stereocenters. The van der Waals surface area contributed by atoms with Crippen molar-refractivity contribution in [3.63, 3.8) is 0 Å². The monoisotopic (exact) mass is 398 g/mol. The van der Waals surface area contributed by atoms with Crippen molar-refractivity contribution in [2.24, 2.45) is 10.9 Å². The van der Waals surface area contributed by atoms with Crippen molar-refractivity contribution in [2.75, 3.05) is 45.9 Å². The van der Waals surface area contributed by atoms with Gasteiger partial charge in [-0.3, -0.25) is 9.89 Å². The van der Waals surface area contributed by atoms with Crippen LogP contribution in [0.1, 0.15) is 27.7 Å². The molecule has 0 aromatic rings. The van der Waals surface area contributed by atoms with Crippen LogP contribution in [0.15, 0.2) is 4.99 Å². The molecule has 0 aliphatic carbocycles. The molecule has 0 spiro atoms. The third-order valence-electron chi connectivity index (χ3n) is 3.19. The highest BCUT2D eigenvalue weighted by Gasteiger charge is 2.16. The van der Waals surface area contributed by atoms with Crippen molar-refractivity contribution in [1.29, 1.82) is 0 Å². The maximum Gasteiger partial charge on any atom is 0.191 e. The normalized spacial score (nSPS) is 18.6. The Morgan fingerprint density at radius 3 is 2.40 bits per heavy atom. The van der Waals surface area contributed by atoms with Crippen LogP contribution < -0.4 is 10.6 Å². The first kappa shape index (κ1) is 19.9. The second kappa shape index (κ2) is 11.6. The fourth-order valence-electron chi connectivity index (χ4n) is 2.01. The molecule has 5 nitrogen and oxygen atoms in total. The van der Waals surface area contributed by atoms with Crippen LogP contribution in [0.2, 0.25) is 0 Å². The lowest BCUT2D eigenvalue weighted by molar-refractivity contribution is 0.0211. The Balaban J connectivity index is 0.00000361. The fourth-order valence-corrected chi connectivity index (χ4v) is 2.01. The van der Waals surface area contributed by atoms with Crippen molar-refractivity contribution in [2.45, 2.75) is 33.7 Å². The molecule has 1 saturated heterocycles. The highest BCUT2D eigenvalue weighted by molar-refractivity contribution is 14.0. The molecular weight excluding hydrogens is 367 g/mol. The van der Waals surface area contributed by atoms with E-state index in [4.69, 9.17) is 4.74 Å². The topological polar surface area (TPSA) is 48.9 Å². The smallest absolute Gasteiger partial charge is 0.191 e. The van der Waals surface area contributed by atoms with E-state index in [9.17, 15) is 0 Å². The number of halogens is 1. The van der Waals surface area contributed by atoms with Gasteiger partial charge in [0.15, 0.2) is 5.96 Å². The molecule has 0 aromatic carbocycles. The highest BCUT2D eigenvalue weighted by Crippen LogP contribution is 2.02. The largest absolute Gasteiger partial charge is 0.379 e. The number of ether oxygens (including phenoxy) is 1. The minimum Gasteiger partial charge on any atom is -0.379 e. The molecular formula is C14H31IN4O. The van der Waals surface area contributed by atoms with Crippen LogP contribution >= 0.6 is 24.0 Å². The summed E-state index contributed by atoms with van der Waals surface area (Å²) in [6, 6.07) is 0.506. The summed E-state index contributed by atoms with van der Waals surface area (Å²) in [4.78, 5) is 7.04. The zero-order chi connectivity index (χ0) is 14.1. The van der Waals surface area contributed by atoms with Crippen LogP contribution in [0.25, 0.3) is 0 Å². The Hall–Kier alpha value is -0.0800. The minimum absolute atomic E-state index is 0. The van der Waals surface area contributed by atoms with Gasteiger partial charge in [-0.1, -0.05) is 13.8 Å². The zero-order valence-corrected chi connectivity index (χ0v) is 15.6. The molecule has 0 amide bonds. The van der Waals surface area contributed by atoms with Crippen LogP contribution in [0.4, 0.5) is 0 Å². The second-order valence-corrected chi connectivity index (χ2v) is 5.49. The molecule has 1 aliphatic heterocycles. The van der Waals surface area contributed by atoms with Crippen molar-refractivity contribution in [3.05, 3.63) is 0 Å². The molecule has 20 heavy (non-hydrogen) atoms. The van der Waals surface area contributed by atoms with Crippen LogP contribution in [0.3, 0.4) is 0 Å². The average Bonchev–Trinajstić information content (AvgIpc) is 2.42. The van der Waals surface area contributed by atoms with E-state index in [-0.39, 0.29) is 24.0 Å². The Kier molecular flexibility index (Phi) is 11.5. The molecule has 2 N–H and O–H groups in total. The van der Waals surface area contributed by atoms with Crippen LogP contribution in [0, 0.1) is 5.92 Å². The number of rotatable bonds is 6. The summed E-state index contributed by atoms with van der Waals surface area (Å²) in [5, 5.41) is 6.72. The summed E-state index contributed by atoms with van der Waals surface area (Å²) in [6.07, 6.45) is 0. The molecule has 1 fully saturated rings. The van der Waals surface area contributed by atoms with Gasteiger partial charge in [0.2, 0.25) is 0 Å². The first-order valence-corrected chi connectivity index (χ1v) is 7.47.